The van der Waals surface area contributed by atoms with Crippen LogP contribution in [0, 0.1) is 0 Å². The van der Waals surface area contributed by atoms with Crippen molar-refractivity contribution in [3.63, 3.8) is 0 Å². The van der Waals surface area contributed by atoms with Gasteiger partial charge < -0.3 is 5.73 Å². The van der Waals surface area contributed by atoms with Gasteiger partial charge in [-0.2, -0.15) is 0 Å². The first kappa shape index (κ1) is 10.0. The lowest BCUT2D eigenvalue weighted by atomic mass is 10.3. The Bertz CT molecular complexity index is 674. The van der Waals surface area contributed by atoms with Crippen molar-refractivity contribution in [2.75, 3.05) is 5.73 Å². The molecule has 2 N–H and O–H groups in total. The number of fused-ring (bicyclic) bond motifs is 1. The fourth-order valence-corrected chi connectivity index (χ4v) is 1.77. The minimum atomic E-state index is 0.378. The Kier molecular flexibility index (Phi) is 2.19. The molecule has 1 aromatic carbocycles. The first-order valence-corrected chi connectivity index (χ1v) is 5.33. The van der Waals surface area contributed by atoms with Crippen molar-refractivity contribution in [3.8, 4) is 5.69 Å². The minimum Gasteiger partial charge on any atom is -0.382 e. The Hall–Kier alpha value is -2.14. The number of halogens is 1. The summed E-state index contributed by atoms with van der Waals surface area (Å²) in [6, 6.07) is 7.41. The van der Waals surface area contributed by atoms with E-state index < -0.39 is 0 Å². The second kappa shape index (κ2) is 3.71. The highest BCUT2D eigenvalue weighted by Gasteiger charge is 2.08. The number of nitrogens with two attached hydrogens (primary N) is 1. The SMILES string of the molecule is Nc1ncnc2c1ncn2-c1ccc(Cl)cc1. The highest BCUT2D eigenvalue weighted by Crippen LogP contribution is 2.20. The molecule has 0 bridgehead atoms. The summed E-state index contributed by atoms with van der Waals surface area (Å²) in [6.45, 7) is 0. The van der Waals surface area contributed by atoms with Crippen LogP contribution in [0.4, 0.5) is 5.82 Å². The molecule has 2 heterocycles. The summed E-state index contributed by atoms with van der Waals surface area (Å²) in [7, 11) is 0. The number of nitrogens with zero attached hydrogens (tertiary/aromatic N) is 4. The maximum Gasteiger partial charge on any atom is 0.170 e. The number of hydrogen-bond donors (Lipinski definition) is 1. The number of imidazole rings is 1. The van der Waals surface area contributed by atoms with Crippen LogP contribution in [0.1, 0.15) is 0 Å². The van der Waals surface area contributed by atoms with Crippen molar-refractivity contribution in [2.45, 2.75) is 0 Å². The Morgan fingerprint density at radius 1 is 1.06 bits per heavy atom. The zero-order valence-corrected chi connectivity index (χ0v) is 9.46. The molecule has 0 aliphatic rings. The third kappa shape index (κ3) is 1.60. The van der Waals surface area contributed by atoms with Gasteiger partial charge in [0.2, 0.25) is 0 Å². The predicted molar refractivity (Wildman–Crippen MR) is 66.1 cm³/mol. The van der Waals surface area contributed by atoms with Gasteiger partial charge in [-0.05, 0) is 24.3 Å². The Morgan fingerprint density at radius 3 is 2.59 bits per heavy atom. The van der Waals surface area contributed by atoms with Gasteiger partial charge in [-0.25, -0.2) is 15.0 Å². The highest BCUT2D eigenvalue weighted by atomic mass is 35.5. The van der Waals surface area contributed by atoms with Gasteiger partial charge in [-0.15, -0.1) is 0 Å². The van der Waals surface area contributed by atoms with E-state index in [1.165, 1.54) is 6.33 Å². The molecule has 0 radical (unpaired) electrons. The second-order valence-corrected chi connectivity index (χ2v) is 3.96. The van der Waals surface area contributed by atoms with Crippen molar-refractivity contribution in [1.82, 2.24) is 19.5 Å². The first-order valence-electron chi connectivity index (χ1n) is 4.95. The van der Waals surface area contributed by atoms with Gasteiger partial charge in [0.15, 0.2) is 17.0 Å². The summed E-state index contributed by atoms with van der Waals surface area (Å²) in [5.41, 5.74) is 7.93. The number of hydrogen-bond acceptors (Lipinski definition) is 4. The molecule has 3 aromatic rings. The van der Waals surface area contributed by atoms with Crippen LogP contribution in [0.25, 0.3) is 16.9 Å². The standard InChI is InChI=1S/C11H8ClN5/c12-7-1-3-8(4-2-7)17-6-16-9-10(13)14-5-15-11(9)17/h1-6H,(H2,13,14,15). The van der Waals surface area contributed by atoms with Crippen LogP contribution in [-0.2, 0) is 0 Å². The average Bonchev–Trinajstić information content (AvgIpc) is 2.75. The van der Waals surface area contributed by atoms with Crippen LogP contribution in [0.15, 0.2) is 36.9 Å². The fourth-order valence-electron chi connectivity index (χ4n) is 1.64. The maximum absolute atomic E-state index is 5.85. The number of benzene rings is 1. The van der Waals surface area contributed by atoms with Crippen LogP contribution in [0.2, 0.25) is 5.02 Å². The summed E-state index contributed by atoms with van der Waals surface area (Å²) < 4.78 is 1.84. The molecule has 0 fully saturated rings. The summed E-state index contributed by atoms with van der Waals surface area (Å²) in [6.07, 6.45) is 3.09. The van der Waals surface area contributed by atoms with E-state index in [4.69, 9.17) is 17.3 Å². The molecule has 0 saturated carbocycles. The molecule has 0 amide bonds. The fraction of sp³-hybridized carbons (Fsp3) is 0. The number of anilines is 1. The molecule has 0 spiro atoms. The molecule has 17 heavy (non-hydrogen) atoms. The van der Waals surface area contributed by atoms with Crippen LogP contribution < -0.4 is 5.73 Å². The number of rotatable bonds is 1. The Morgan fingerprint density at radius 2 is 1.82 bits per heavy atom. The van der Waals surface area contributed by atoms with E-state index in [1.54, 1.807) is 6.33 Å². The Labute approximate surface area is 102 Å². The highest BCUT2D eigenvalue weighted by molar-refractivity contribution is 6.30. The molecule has 3 rings (SSSR count). The van der Waals surface area contributed by atoms with E-state index in [0.29, 0.717) is 22.0 Å². The molecule has 84 valence electrons. The largest absolute Gasteiger partial charge is 0.382 e. The second-order valence-electron chi connectivity index (χ2n) is 3.52. The minimum absolute atomic E-state index is 0.378. The van der Waals surface area contributed by atoms with E-state index in [1.807, 2.05) is 28.8 Å². The summed E-state index contributed by atoms with van der Waals surface area (Å²) in [5, 5.41) is 0.687. The average molecular weight is 246 g/mol. The summed E-state index contributed by atoms with van der Waals surface area (Å²) in [4.78, 5) is 12.3. The quantitative estimate of drug-likeness (QED) is 0.712. The zero-order chi connectivity index (χ0) is 11.8. The molecular weight excluding hydrogens is 238 g/mol. The molecule has 6 heteroatoms. The van der Waals surface area contributed by atoms with Crippen molar-refractivity contribution in [2.24, 2.45) is 0 Å². The molecule has 2 aromatic heterocycles. The summed E-state index contributed by atoms with van der Waals surface area (Å²) >= 11 is 5.85. The van der Waals surface area contributed by atoms with Crippen molar-refractivity contribution in [3.05, 3.63) is 41.9 Å². The van der Waals surface area contributed by atoms with Crippen LogP contribution in [0.5, 0.6) is 0 Å². The lowest BCUT2D eigenvalue weighted by Gasteiger charge is -2.03. The predicted octanol–water partition coefficient (Wildman–Crippen LogP) is 2.05. The molecule has 0 saturated heterocycles. The van der Waals surface area contributed by atoms with Gasteiger partial charge in [-0.3, -0.25) is 4.57 Å². The van der Waals surface area contributed by atoms with Crippen molar-refractivity contribution >= 4 is 28.6 Å². The van der Waals surface area contributed by atoms with Gasteiger partial charge in [0.1, 0.15) is 12.7 Å². The summed E-state index contributed by atoms with van der Waals surface area (Å²) in [5.74, 6) is 0.378. The molecule has 0 unspecified atom stereocenters. The van der Waals surface area contributed by atoms with Crippen LogP contribution >= 0.6 is 11.6 Å². The van der Waals surface area contributed by atoms with Gasteiger partial charge in [0.25, 0.3) is 0 Å². The molecule has 0 aliphatic carbocycles. The normalized spacial score (nSPS) is 10.9. The van der Waals surface area contributed by atoms with Gasteiger partial charge in [-0.1, -0.05) is 11.6 Å². The van der Waals surface area contributed by atoms with Crippen LogP contribution in [0.3, 0.4) is 0 Å². The molecule has 0 aliphatic heterocycles. The first-order chi connectivity index (χ1) is 8.25. The smallest absolute Gasteiger partial charge is 0.170 e. The monoisotopic (exact) mass is 245 g/mol. The van der Waals surface area contributed by atoms with Gasteiger partial charge in [0, 0.05) is 10.7 Å². The van der Waals surface area contributed by atoms with Crippen molar-refractivity contribution in [1.29, 1.82) is 0 Å². The van der Waals surface area contributed by atoms with E-state index in [9.17, 15) is 0 Å². The molecule has 5 nitrogen and oxygen atoms in total. The molecular formula is C11H8ClN5. The Balaban J connectivity index is 2.24. The topological polar surface area (TPSA) is 69.6 Å². The third-order valence-electron chi connectivity index (χ3n) is 2.47. The maximum atomic E-state index is 5.85. The number of aromatic nitrogens is 4. The zero-order valence-electron chi connectivity index (χ0n) is 8.71. The van der Waals surface area contributed by atoms with Gasteiger partial charge in [0.05, 0.1) is 0 Å². The lowest BCUT2D eigenvalue weighted by molar-refractivity contribution is 1.06. The van der Waals surface area contributed by atoms with Gasteiger partial charge >= 0.3 is 0 Å². The van der Waals surface area contributed by atoms with Crippen LogP contribution in [-0.4, -0.2) is 19.5 Å². The molecule has 0 atom stereocenters. The van der Waals surface area contributed by atoms with E-state index in [2.05, 4.69) is 15.0 Å². The number of nitrogen functional groups attached to an aromatic ring is 1. The lowest BCUT2D eigenvalue weighted by Crippen LogP contribution is -1.96. The van der Waals surface area contributed by atoms with E-state index in [0.717, 1.165) is 5.69 Å². The third-order valence-corrected chi connectivity index (χ3v) is 2.72. The van der Waals surface area contributed by atoms with E-state index >= 15 is 0 Å². The van der Waals surface area contributed by atoms with Crippen molar-refractivity contribution < 1.29 is 0 Å². The van der Waals surface area contributed by atoms with E-state index in [-0.39, 0.29) is 0 Å².